The van der Waals surface area contributed by atoms with Gasteiger partial charge in [-0.05, 0) is 42.3 Å². The second-order valence-corrected chi connectivity index (χ2v) is 7.28. The van der Waals surface area contributed by atoms with Crippen molar-refractivity contribution >= 4 is 23.2 Å². The third kappa shape index (κ3) is 4.04. The smallest absolute Gasteiger partial charge is 0.235 e. The summed E-state index contributed by atoms with van der Waals surface area (Å²) in [7, 11) is 0. The van der Waals surface area contributed by atoms with Gasteiger partial charge in [-0.25, -0.2) is 4.39 Å². The van der Waals surface area contributed by atoms with Crippen LogP contribution in [0.2, 0.25) is 0 Å². The van der Waals surface area contributed by atoms with E-state index >= 15 is 0 Å². The van der Waals surface area contributed by atoms with Crippen LogP contribution in [0.15, 0.2) is 72.8 Å². The highest BCUT2D eigenvalue weighted by Gasteiger charge is 2.34. The number of rotatable bonds is 4. The average molecular weight is 388 g/mol. The standard InChI is InChI=1S/C24H21FN2O2/c1-16-7-10-19(11-8-16)27(15-17-5-3-2-4-6-17)24(29)21-14-23(28)26-22-13-18(25)9-12-20(21)22/h2-13,21H,14-15H2,1H3,(H,26,28). The van der Waals surface area contributed by atoms with Gasteiger partial charge in [0.25, 0.3) is 0 Å². The van der Waals surface area contributed by atoms with E-state index in [0.717, 1.165) is 16.8 Å². The molecular weight excluding hydrogens is 367 g/mol. The Bertz CT molecular complexity index is 1050. The maximum absolute atomic E-state index is 13.7. The molecule has 0 aromatic heterocycles. The summed E-state index contributed by atoms with van der Waals surface area (Å²) in [4.78, 5) is 27.5. The van der Waals surface area contributed by atoms with Gasteiger partial charge in [0.05, 0.1) is 12.5 Å². The number of hydrogen-bond acceptors (Lipinski definition) is 2. The molecule has 29 heavy (non-hydrogen) atoms. The first-order chi connectivity index (χ1) is 14.0. The van der Waals surface area contributed by atoms with Gasteiger partial charge >= 0.3 is 0 Å². The summed E-state index contributed by atoms with van der Waals surface area (Å²) >= 11 is 0. The Morgan fingerprint density at radius 2 is 1.79 bits per heavy atom. The van der Waals surface area contributed by atoms with Crippen molar-refractivity contribution in [3.8, 4) is 0 Å². The molecule has 146 valence electrons. The molecule has 0 aliphatic carbocycles. The molecule has 3 aromatic rings. The van der Waals surface area contributed by atoms with E-state index in [-0.39, 0.29) is 18.2 Å². The highest BCUT2D eigenvalue weighted by atomic mass is 19.1. The molecule has 0 saturated heterocycles. The Balaban J connectivity index is 1.73. The van der Waals surface area contributed by atoms with Crippen LogP contribution in [0.25, 0.3) is 0 Å². The molecule has 1 aliphatic heterocycles. The lowest BCUT2D eigenvalue weighted by atomic mass is 9.89. The molecule has 0 fully saturated rings. The number of carbonyl (C=O) groups is 2. The zero-order chi connectivity index (χ0) is 20.4. The molecule has 1 atom stereocenters. The number of aryl methyl sites for hydroxylation is 1. The first kappa shape index (κ1) is 18.9. The van der Waals surface area contributed by atoms with E-state index in [4.69, 9.17) is 0 Å². The van der Waals surface area contributed by atoms with Crippen molar-refractivity contribution in [2.24, 2.45) is 0 Å². The van der Waals surface area contributed by atoms with Gasteiger partial charge in [-0.2, -0.15) is 0 Å². The van der Waals surface area contributed by atoms with Gasteiger partial charge in [-0.1, -0.05) is 54.1 Å². The quantitative estimate of drug-likeness (QED) is 0.698. The van der Waals surface area contributed by atoms with Crippen LogP contribution < -0.4 is 10.2 Å². The molecule has 1 aliphatic rings. The van der Waals surface area contributed by atoms with Crippen LogP contribution in [0.5, 0.6) is 0 Å². The first-order valence-corrected chi connectivity index (χ1v) is 9.52. The Kier molecular flexibility index (Phi) is 5.12. The number of benzene rings is 3. The Morgan fingerprint density at radius 3 is 2.52 bits per heavy atom. The van der Waals surface area contributed by atoms with Crippen LogP contribution in [0.3, 0.4) is 0 Å². The van der Waals surface area contributed by atoms with E-state index in [2.05, 4.69) is 5.32 Å². The highest BCUT2D eigenvalue weighted by Crippen LogP contribution is 2.35. The predicted octanol–water partition coefficient (Wildman–Crippen LogP) is 4.79. The van der Waals surface area contributed by atoms with Gasteiger partial charge in [-0.15, -0.1) is 0 Å². The molecule has 2 amide bonds. The summed E-state index contributed by atoms with van der Waals surface area (Å²) in [6, 6.07) is 21.6. The predicted molar refractivity (Wildman–Crippen MR) is 111 cm³/mol. The maximum atomic E-state index is 13.7. The van der Waals surface area contributed by atoms with Gasteiger partial charge in [0.15, 0.2) is 0 Å². The minimum atomic E-state index is -0.663. The minimum Gasteiger partial charge on any atom is -0.326 e. The molecule has 5 heteroatoms. The van der Waals surface area contributed by atoms with E-state index in [1.807, 2.05) is 61.5 Å². The fourth-order valence-electron chi connectivity index (χ4n) is 3.63. The number of hydrogen-bond donors (Lipinski definition) is 1. The number of anilines is 2. The Labute approximate surface area is 169 Å². The summed E-state index contributed by atoms with van der Waals surface area (Å²) in [6.45, 7) is 2.38. The molecule has 0 saturated carbocycles. The summed E-state index contributed by atoms with van der Waals surface area (Å²) in [5.74, 6) is -1.58. The van der Waals surface area contributed by atoms with Gasteiger partial charge < -0.3 is 10.2 Å². The number of nitrogens with one attached hydrogen (secondary N) is 1. The monoisotopic (exact) mass is 388 g/mol. The summed E-state index contributed by atoms with van der Waals surface area (Å²) < 4.78 is 13.7. The van der Waals surface area contributed by atoms with Crippen LogP contribution in [0, 0.1) is 12.7 Å². The van der Waals surface area contributed by atoms with Gasteiger partial charge in [-0.3, -0.25) is 9.59 Å². The second kappa shape index (κ2) is 7.87. The zero-order valence-corrected chi connectivity index (χ0v) is 16.1. The topological polar surface area (TPSA) is 49.4 Å². The molecular formula is C24H21FN2O2. The molecule has 4 nitrogen and oxygen atoms in total. The van der Waals surface area contributed by atoms with E-state index in [1.165, 1.54) is 12.1 Å². The first-order valence-electron chi connectivity index (χ1n) is 9.52. The fraction of sp³-hybridized carbons (Fsp3) is 0.167. The van der Waals surface area contributed by atoms with E-state index < -0.39 is 11.7 Å². The lowest BCUT2D eigenvalue weighted by Gasteiger charge is -2.31. The van der Waals surface area contributed by atoms with Crippen molar-refractivity contribution in [3.63, 3.8) is 0 Å². The van der Waals surface area contributed by atoms with Gasteiger partial charge in [0, 0.05) is 17.8 Å². The molecule has 0 bridgehead atoms. The van der Waals surface area contributed by atoms with Crippen LogP contribution >= 0.6 is 0 Å². The minimum absolute atomic E-state index is 0.0363. The number of amides is 2. The Morgan fingerprint density at radius 1 is 1.07 bits per heavy atom. The van der Waals surface area contributed by atoms with Crippen LogP contribution in [0.1, 0.15) is 29.0 Å². The molecule has 0 radical (unpaired) electrons. The average Bonchev–Trinajstić information content (AvgIpc) is 2.72. The van der Waals surface area contributed by atoms with Crippen molar-refractivity contribution in [3.05, 3.63) is 95.3 Å². The van der Waals surface area contributed by atoms with Crippen molar-refractivity contribution < 1.29 is 14.0 Å². The van der Waals surface area contributed by atoms with Gasteiger partial charge in [0.2, 0.25) is 11.8 Å². The van der Waals surface area contributed by atoms with Crippen LogP contribution in [-0.4, -0.2) is 11.8 Å². The second-order valence-electron chi connectivity index (χ2n) is 7.28. The number of halogens is 1. The number of fused-ring (bicyclic) bond motifs is 1. The van der Waals surface area contributed by atoms with Crippen molar-refractivity contribution in [1.82, 2.24) is 0 Å². The third-order valence-corrected chi connectivity index (χ3v) is 5.15. The summed E-state index contributed by atoms with van der Waals surface area (Å²) in [5.41, 5.74) is 3.85. The Hall–Kier alpha value is -3.47. The molecule has 0 spiro atoms. The van der Waals surface area contributed by atoms with Crippen LogP contribution in [0.4, 0.5) is 15.8 Å². The lowest BCUT2D eigenvalue weighted by molar-refractivity contribution is -0.124. The SMILES string of the molecule is Cc1ccc(N(Cc2ccccc2)C(=O)C2CC(=O)Nc3cc(F)ccc32)cc1. The van der Waals surface area contributed by atoms with E-state index in [1.54, 1.807) is 11.0 Å². The molecule has 1 unspecified atom stereocenters. The summed E-state index contributed by atoms with van der Waals surface area (Å²) in [5, 5.41) is 2.67. The maximum Gasteiger partial charge on any atom is 0.235 e. The summed E-state index contributed by atoms with van der Waals surface area (Å²) in [6.07, 6.45) is 0.0363. The molecule has 3 aromatic carbocycles. The third-order valence-electron chi connectivity index (χ3n) is 5.15. The zero-order valence-electron chi connectivity index (χ0n) is 16.1. The molecule has 4 rings (SSSR count). The molecule has 1 N–H and O–H groups in total. The fourth-order valence-corrected chi connectivity index (χ4v) is 3.63. The normalized spacial score (nSPS) is 15.4. The highest BCUT2D eigenvalue weighted by molar-refractivity contribution is 6.06. The van der Waals surface area contributed by atoms with Crippen molar-refractivity contribution in [2.45, 2.75) is 25.8 Å². The van der Waals surface area contributed by atoms with Gasteiger partial charge in [0.1, 0.15) is 5.82 Å². The number of carbonyl (C=O) groups excluding carboxylic acids is 2. The van der Waals surface area contributed by atoms with E-state index in [9.17, 15) is 14.0 Å². The number of nitrogens with zero attached hydrogens (tertiary/aromatic N) is 1. The largest absolute Gasteiger partial charge is 0.326 e. The lowest BCUT2D eigenvalue weighted by Crippen LogP contribution is -2.38. The van der Waals surface area contributed by atoms with E-state index in [0.29, 0.717) is 17.8 Å². The van der Waals surface area contributed by atoms with Crippen LogP contribution in [-0.2, 0) is 16.1 Å². The molecule has 1 heterocycles. The van der Waals surface area contributed by atoms with Crippen molar-refractivity contribution in [1.29, 1.82) is 0 Å². The van der Waals surface area contributed by atoms with Crippen molar-refractivity contribution in [2.75, 3.05) is 10.2 Å².